The number of carbonyl (C=O) groups excluding carboxylic acids is 1. The predicted octanol–water partition coefficient (Wildman–Crippen LogP) is 2.66. The maximum absolute atomic E-state index is 12.0. The van der Waals surface area contributed by atoms with Gasteiger partial charge in [-0.3, -0.25) is 4.79 Å². The van der Waals surface area contributed by atoms with Gasteiger partial charge in [0.25, 0.3) is 0 Å². The van der Waals surface area contributed by atoms with Crippen LogP contribution in [0.5, 0.6) is 5.75 Å². The summed E-state index contributed by atoms with van der Waals surface area (Å²) >= 11 is 0. The summed E-state index contributed by atoms with van der Waals surface area (Å²) in [6, 6.07) is 9.67. The molecule has 0 unspecified atom stereocenters. The fraction of sp³-hybridized carbons (Fsp3) is 0.562. The van der Waals surface area contributed by atoms with Crippen LogP contribution in [-0.2, 0) is 4.79 Å². The first-order chi connectivity index (χ1) is 9.74. The smallest absolute Gasteiger partial charge is 0.220 e. The fourth-order valence-electron chi connectivity index (χ4n) is 2.73. The number of amides is 1. The van der Waals surface area contributed by atoms with Gasteiger partial charge in [0.2, 0.25) is 5.91 Å². The van der Waals surface area contributed by atoms with Crippen LogP contribution in [0, 0.1) is 0 Å². The second-order valence-corrected chi connectivity index (χ2v) is 5.50. The van der Waals surface area contributed by atoms with Crippen LogP contribution in [0.15, 0.2) is 30.3 Å². The third-order valence-corrected chi connectivity index (χ3v) is 3.92. The average molecular weight is 313 g/mol. The number of carbonyl (C=O) groups is 1. The monoisotopic (exact) mass is 312 g/mol. The van der Waals surface area contributed by atoms with Crippen molar-refractivity contribution in [3.05, 3.63) is 30.3 Å². The molecule has 1 aliphatic rings. The number of halogens is 1. The highest BCUT2D eigenvalue weighted by molar-refractivity contribution is 5.85. The Morgan fingerprint density at radius 2 is 1.90 bits per heavy atom. The summed E-state index contributed by atoms with van der Waals surface area (Å²) in [5.41, 5.74) is 5.67. The molecule has 1 aromatic rings. The summed E-state index contributed by atoms with van der Waals surface area (Å²) in [6.07, 6.45) is 5.56. The van der Waals surface area contributed by atoms with Crippen molar-refractivity contribution >= 4 is 18.3 Å². The molecule has 1 fully saturated rings. The zero-order chi connectivity index (χ0) is 14.3. The van der Waals surface area contributed by atoms with Gasteiger partial charge in [0, 0.05) is 13.0 Å². The topological polar surface area (TPSA) is 64.3 Å². The second-order valence-electron chi connectivity index (χ2n) is 5.50. The second kappa shape index (κ2) is 8.90. The number of hydrogen-bond donors (Lipinski definition) is 2. The van der Waals surface area contributed by atoms with Crippen molar-refractivity contribution in [2.75, 3.05) is 13.2 Å². The van der Waals surface area contributed by atoms with Crippen molar-refractivity contribution in [1.29, 1.82) is 0 Å². The Morgan fingerprint density at radius 3 is 2.52 bits per heavy atom. The first-order valence-corrected chi connectivity index (χ1v) is 7.43. The number of nitrogens with one attached hydrogen (secondary N) is 1. The molecule has 0 aliphatic heterocycles. The molecule has 2 rings (SSSR count). The van der Waals surface area contributed by atoms with E-state index in [-0.39, 0.29) is 23.9 Å². The maximum Gasteiger partial charge on any atom is 0.220 e. The van der Waals surface area contributed by atoms with Gasteiger partial charge in [0.05, 0.1) is 12.1 Å². The van der Waals surface area contributed by atoms with E-state index in [0.29, 0.717) is 19.6 Å². The zero-order valence-electron chi connectivity index (χ0n) is 12.3. The van der Waals surface area contributed by atoms with Crippen LogP contribution in [0.2, 0.25) is 0 Å². The van der Waals surface area contributed by atoms with Crippen LogP contribution in [0.4, 0.5) is 0 Å². The van der Waals surface area contributed by atoms with Gasteiger partial charge in [-0.2, -0.15) is 0 Å². The lowest BCUT2D eigenvalue weighted by Crippen LogP contribution is -2.51. The van der Waals surface area contributed by atoms with Gasteiger partial charge in [-0.1, -0.05) is 31.0 Å². The average Bonchev–Trinajstić information content (AvgIpc) is 2.94. The van der Waals surface area contributed by atoms with E-state index in [9.17, 15) is 4.79 Å². The van der Waals surface area contributed by atoms with E-state index >= 15 is 0 Å². The molecular weight excluding hydrogens is 288 g/mol. The first kappa shape index (κ1) is 17.8. The number of nitrogens with two attached hydrogens (primary N) is 1. The Bertz CT molecular complexity index is 420. The number of para-hydroxylation sites is 1. The third kappa shape index (κ3) is 5.56. The van der Waals surface area contributed by atoms with Crippen LogP contribution in [-0.4, -0.2) is 24.6 Å². The van der Waals surface area contributed by atoms with Crippen LogP contribution >= 0.6 is 12.4 Å². The molecule has 0 bridgehead atoms. The Hall–Kier alpha value is -1.26. The minimum atomic E-state index is -0.141. The molecule has 118 valence electrons. The molecule has 0 saturated heterocycles. The van der Waals surface area contributed by atoms with Crippen molar-refractivity contribution < 1.29 is 9.53 Å². The summed E-state index contributed by atoms with van der Waals surface area (Å²) in [5.74, 6) is 0.941. The highest BCUT2D eigenvalue weighted by atomic mass is 35.5. The molecule has 21 heavy (non-hydrogen) atoms. The third-order valence-electron chi connectivity index (χ3n) is 3.92. The zero-order valence-corrected chi connectivity index (χ0v) is 13.2. The first-order valence-electron chi connectivity index (χ1n) is 7.43. The standard InChI is InChI=1S/C16H24N2O2.ClH/c17-13-16(10-4-5-11-16)18-15(19)9-6-12-20-14-7-2-1-3-8-14;/h1-3,7-8H,4-6,9-13,17H2,(H,18,19);1H. The van der Waals surface area contributed by atoms with Crippen molar-refractivity contribution in [2.24, 2.45) is 5.73 Å². The highest BCUT2D eigenvalue weighted by Crippen LogP contribution is 2.28. The number of rotatable bonds is 7. The lowest BCUT2D eigenvalue weighted by Gasteiger charge is -2.28. The van der Waals surface area contributed by atoms with Crippen molar-refractivity contribution in [1.82, 2.24) is 5.32 Å². The summed E-state index contributed by atoms with van der Waals surface area (Å²) in [4.78, 5) is 12.0. The number of ether oxygens (including phenoxy) is 1. The largest absolute Gasteiger partial charge is 0.494 e. The minimum Gasteiger partial charge on any atom is -0.494 e. The lowest BCUT2D eigenvalue weighted by molar-refractivity contribution is -0.123. The van der Waals surface area contributed by atoms with E-state index in [2.05, 4.69) is 5.32 Å². The van der Waals surface area contributed by atoms with E-state index < -0.39 is 0 Å². The Balaban J connectivity index is 0.00000220. The summed E-state index contributed by atoms with van der Waals surface area (Å²) < 4.78 is 5.57. The van der Waals surface area contributed by atoms with Crippen LogP contribution in [0.25, 0.3) is 0 Å². The van der Waals surface area contributed by atoms with E-state index in [4.69, 9.17) is 10.5 Å². The lowest BCUT2D eigenvalue weighted by atomic mass is 9.97. The molecular formula is C16H25ClN2O2. The van der Waals surface area contributed by atoms with E-state index in [1.54, 1.807) is 0 Å². The molecule has 1 saturated carbocycles. The normalized spacial score (nSPS) is 16.0. The molecule has 0 aromatic heterocycles. The molecule has 3 N–H and O–H groups in total. The fourth-order valence-corrected chi connectivity index (χ4v) is 2.73. The Morgan fingerprint density at radius 1 is 1.24 bits per heavy atom. The Labute approximate surface area is 132 Å². The molecule has 1 aliphatic carbocycles. The van der Waals surface area contributed by atoms with E-state index in [1.807, 2.05) is 30.3 Å². The molecule has 5 heteroatoms. The molecule has 1 aromatic carbocycles. The minimum absolute atomic E-state index is 0. The van der Waals surface area contributed by atoms with Gasteiger partial charge in [-0.15, -0.1) is 12.4 Å². The van der Waals surface area contributed by atoms with Crippen LogP contribution in [0.1, 0.15) is 38.5 Å². The molecule has 0 spiro atoms. The van der Waals surface area contributed by atoms with Gasteiger partial charge in [-0.05, 0) is 31.4 Å². The van der Waals surface area contributed by atoms with E-state index in [0.717, 1.165) is 37.9 Å². The molecule has 1 amide bonds. The van der Waals surface area contributed by atoms with E-state index in [1.165, 1.54) is 0 Å². The number of benzene rings is 1. The van der Waals surface area contributed by atoms with Crippen molar-refractivity contribution in [3.8, 4) is 5.75 Å². The number of hydrogen-bond acceptors (Lipinski definition) is 3. The molecule has 0 atom stereocenters. The highest BCUT2D eigenvalue weighted by Gasteiger charge is 2.33. The summed E-state index contributed by atoms with van der Waals surface area (Å²) in [5, 5.41) is 3.12. The molecule has 4 nitrogen and oxygen atoms in total. The summed E-state index contributed by atoms with van der Waals surface area (Å²) in [6.45, 7) is 1.10. The van der Waals surface area contributed by atoms with Crippen molar-refractivity contribution in [3.63, 3.8) is 0 Å². The van der Waals surface area contributed by atoms with Crippen molar-refractivity contribution in [2.45, 2.75) is 44.1 Å². The van der Waals surface area contributed by atoms with Gasteiger partial charge in [-0.25, -0.2) is 0 Å². The van der Waals surface area contributed by atoms with Gasteiger partial charge < -0.3 is 15.8 Å². The SMILES string of the molecule is Cl.NCC1(NC(=O)CCCOc2ccccc2)CCCC1. The summed E-state index contributed by atoms with van der Waals surface area (Å²) in [7, 11) is 0. The molecule has 0 radical (unpaired) electrons. The van der Waals surface area contributed by atoms with Crippen LogP contribution < -0.4 is 15.8 Å². The predicted molar refractivity (Wildman–Crippen MR) is 86.8 cm³/mol. The quantitative estimate of drug-likeness (QED) is 0.761. The van der Waals surface area contributed by atoms with Gasteiger partial charge in [0.15, 0.2) is 0 Å². The van der Waals surface area contributed by atoms with Gasteiger partial charge in [0.1, 0.15) is 5.75 Å². The van der Waals surface area contributed by atoms with Crippen LogP contribution in [0.3, 0.4) is 0 Å². The van der Waals surface area contributed by atoms with Gasteiger partial charge >= 0.3 is 0 Å². The Kier molecular flexibility index (Phi) is 7.54. The molecule has 0 heterocycles. The maximum atomic E-state index is 12.0.